The zero-order valence-corrected chi connectivity index (χ0v) is 19.6. The van der Waals surface area contributed by atoms with Gasteiger partial charge in [0.15, 0.2) is 0 Å². The van der Waals surface area contributed by atoms with Crippen LogP contribution >= 0.6 is 0 Å². The van der Waals surface area contributed by atoms with Crippen LogP contribution in [0.2, 0.25) is 0 Å². The highest BCUT2D eigenvalue weighted by Crippen LogP contribution is 2.47. The molecule has 0 aliphatic heterocycles. The van der Waals surface area contributed by atoms with E-state index in [0.717, 1.165) is 45.9 Å². The van der Waals surface area contributed by atoms with Crippen molar-refractivity contribution < 1.29 is 9.18 Å². The molecule has 172 valence electrons. The molecule has 1 aromatic carbocycles. The van der Waals surface area contributed by atoms with E-state index in [9.17, 15) is 9.18 Å². The Morgan fingerprint density at radius 1 is 1.12 bits per heavy atom. The zero-order valence-electron chi connectivity index (χ0n) is 19.6. The van der Waals surface area contributed by atoms with Crippen LogP contribution in [0.25, 0.3) is 22.4 Å². The molecule has 0 radical (unpaired) electrons. The van der Waals surface area contributed by atoms with Crippen molar-refractivity contribution in [3.8, 4) is 22.4 Å². The van der Waals surface area contributed by atoms with E-state index in [-0.39, 0.29) is 5.69 Å². The van der Waals surface area contributed by atoms with Gasteiger partial charge in [-0.25, -0.2) is 14.2 Å². The van der Waals surface area contributed by atoms with Crippen molar-refractivity contribution in [2.24, 2.45) is 5.41 Å². The number of halogens is 1. The Balaban J connectivity index is 1.59. The number of benzene rings is 1. The van der Waals surface area contributed by atoms with Crippen molar-refractivity contribution in [1.29, 1.82) is 0 Å². The van der Waals surface area contributed by atoms with Gasteiger partial charge in [0.2, 0.25) is 0 Å². The summed E-state index contributed by atoms with van der Waals surface area (Å²) in [5.41, 5.74) is 5.61. The molecule has 6 nitrogen and oxygen atoms in total. The van der Waals surface area contributed by atoms with E-state index in [0.29, 0.717) is 12.0 Å². The van der Waals surface area contributed by atoms with Crippen molar-refractivity contribution in [3.63, 3.8) is 0 Å². The molecule has 1 saturated carbocycles. The van der Waals surface area contributed by atoms with Gasteiger partial charge in [-0.3, -0.25) is 4.98 Å². The molecule has 2 amide bonds. The Morgan fingerprint density at radius 3 is 2.64 bits per heavy atom. The quantitative estimate of drug-likeness (QED) is 0.420. The van der Waals surface area contributed by atoms with E-state index >= 15 is 0 Å². The smallest absolute Gasteiger partial charge is 0.319 e. The Hall–Kier alpha value is -3.48. The molecule has 2 aromatic heterocycles. The Bertz CT molecular complexity index is 1190. The molecule has 0 saturated heterocycles. The molecule has 2 heterocycles. The number of nitrogens with one attached hydrogen (secondary N) is 3. The van der Waals surface area contributed by atoms with Crippen LogP contribution in [-0.4, -0.2) is 29.6 Å². The largest absolute Gasteiger partial charge is 0.373 e. The lowest BCUT2D eigenvalue weighted by molar-refractivity contribution is 0.251. The number of nitrogens with zero attached hydrogens (tertiary/aromatic N) is 2. The van der Waals surface area contributed by atoms with E-state index in [4.69, 9.17) is 0 Å². The first-order chi connectivity index (χ1) is 15.8. The topological polar surface area (TPSA) is 78.9 Å². The minimum absolute atomic E-state index is 0.156. The standard InChI is InChI=1S/C26H30FN5O/c1-16-11-21(27)23(32-25(33)30-10-8-26(3)6-7-26)15-20(16)19-12-17(2)31-22(13-19)18-5-9-29-24(14-18)28-4/h5,9,11-15H,6-8,10H2,1-4H3,(H,28,29)(H2,30,32,33). The van der Waals surface area contributed by atoms with Crippen molar-refractivity contribution in [1.82, 2.24) is 15.3 Å². The number of pyridine rings is 2. The molecule has 0 unspecified atom stereocenters. The van der Waals surface area contributed by atoms with Crippen LogP contribution in [0.3, 0.4) is 0 Å². The summed E-state index contributed by atoms with van der Waals surface area (Å²) in [7, 11) is 1.82. The van der Waals surface area contributed by atoms with Gasteiger partial charge in [0.25, 0.3) is 0 Å². The number of carbonyl (C=O) groups excluding carboxylic acids is 1. The van der Waals surface area contributed by atoms with Crippen molar-refractivity contribution >= 4 is 17.5 Å². The lowest BCUT2D eigenvalue weighted by Gasteiger charge is -2.15. The van der Waals surface area contributed by atoms with Crippen LogP contribution in [0.1, 0.15) is 37.4 Å². The number of amides is 2. The van der Waals surface area contributed by atoms with Gasteiger partial charge in [0.1, 0.15) is 11.6 Å². The number of urea groups is 1. The van der Waals surface area contributed by atoms with Gasteiger partial charge in [-0.05, 0) is 91.6 Å². The Labute approximate surface area is 194 Å². The maximum absolute atomic E-state index is 14.7. The van der Waals surface area contributed by atoms with Gasteiger partial charge < -0.3 is 16.0 Å². The average molecular weight is 448 g/mol. The summed E-state index contributed by atoms with van der Waals surface area (Å²) < 4.78 is 14.7. The summed E-state index contributed by atoms with van der Waals surface area (Å²) in [6.45, 7) is 6.59. The molecule has 3 N–H and O–H groups in total. The van der Waals surface area contributed by atoms with E-state index in [1.165, 1.54) is 18.9 Å². The molecule has 1 aliphatic carbocycles. The van der Waals surface area contributed by atoms with Crippen LogP contribution in [0.15, 0.2) is 42.6 Å². The molecule has 7 heteroatoms. The van der Waals surface area contributed by atoms with E-state index in [1.807, 2.05) is 45.2 Å². The Kier molecular flexibility index (Phi) is 6.31. The van der Waals surface area contributed by atoms with Crippen molar-refractivity contribution in [3.05, 3.63) is 59.7 Å². The first-order valence-corrected chi connectivity index (χ1v) is 11.2. The molecule has 0 bridgehead atoms. The van der Waals surface area contributed by atoms with Crippen LogP contribution < -0.4 is 16.0 Å². The molecule has 3 aromatic rings. The SMILES string of the molecule is CNc1cc(-c2cc(-c3cc(NC(=O)NCCC4(C)CC4)c(F)cc3C)cc(C)n2)ccn1. The molecule has 0 spiro atoms. The van der Waals surface area contributed by atoms with Gasteiger partial charge in [0.05, 0.1) is 11.4 Å². The van der Waals surface area contributed by atoms with Crippen molar-refractivity contribution in [2.75, 3.05) is 24.2 Å². The summed E-state index contributed by atoms with van der Waals surface area (Å²) in [5, 5.41) is 8.55. The molecular weight excluding hydrogens is 417 g/mol. The second-order valence-corrected chi connectivity index (χ2v) is 9.15. The molecule has 33 heavy (non-hydrogen) atoms. The van der Waals surface area contributed by atoms with Gasteiger partial charge in [-0.1, -0.05) is 6.92 Å². The molecule has 1 aliphatic rings. The first kappa shape index (κ1) is 22.7. The van der Waals surface area contributed by atoms with Gasteiger partial charge in [-0.2, -0.15) is 0 Å². The van der Waals surface area contributed by atoms with Gasteiger partial charge >= 0.3 is 6.03 Å². The maximum Gasteiger partial charge on any atom is 0.319 e. The minimum atomic E-state index is -0.459. The fourth-order valence-electron chi connectivity index (χ4n) is 3.89. The van der Waals surface area contributed by atoms with E-state index in [1.54, 1.807) is 12.3 Å². The minimum Gasteiger partial charge on any atom is -0.373 e. The number of aryl methyl sites for hydroxylation is 2. The molecule has 1 fully saturated rings. The number of hydrogen-bond donors (Lipinski definition) is 3. The average Bonchev–Trinajstić information content (AvgIpc) is 3.52. The first-order valence-electron chi connectivity index (χ1n) is 11.2. The monoisotopic (exact) mass is 447 g/mol. The fourth-order valence-corrected chi connectivity index (χ4v) is 3.89. The summed E-state index contributed by atoms with van der Waals surface area (Å²) in [6, 6.07) is 10.5. The third-order valence-electron chi connectivity index (χ3n) is 6.26. The number of carbonyl (C=O) groups is 1. The van der Waals surface area contributed by atoms with Crippen LogP contribution in [0, 0.1) is 25.1 Å². The maximum atomic E-state index is 14.7. The van der Waals surface area contributed by atoms with E-state index in [2.05, 4.69) is 32.8 Å². The fraction of sp³-hybridized carbons (Fsp3) is 0.346. The highest BCUT2D eigenvalue weighted by atomic mass is 19.1. The van der Waals surface area contributed by atoms with Crippen molar-refractivity contribution in [2.45, 2.75) is 40.0 Å². The Morgan fingerprint density at radius 2 is 1.91 bits per heavy atom. The predicted octanol–water partition coefficient (Wildman–Crippen LogP) is 5.92. The molecule has 0 atom stereocenters. The lowest BCUT2D eigenvalue weighted by Crippen LogP contribution is -2.30. The third-order valence-corrected chi connectivity index (χ3v) is 6.26. The number of rotatable bonds is 7. The molecule has 4 rings (SSSR count). The summed E-state index contributed by atoms with van der Waals surface area (Å²) in [6.07, 6.45) is 5.08. The van der Waals surface area contributed by atoms with Gasteiger partial charge in [-0.15, -0.1) is 0 Å². The zero-order chi connectivity index (χ0) is 23.6. The normalized spacial score (nSPS) is 14.0. The number of anilines is 2. The number of aromatic nitrogens is 2. The third kappa shape index (κ3) is 5.48. The summed E-state index contributed by atoms with van der Waals surface area (Å²) >= 11 is 0. The molecular formula is C26H30FN5O. The highest BCUT2D eigenvalue weighted by Gasteiger charge is 2.36. The second-order valence-electron chi connectivity index (χ2n) is 9.15. The predicted molar refractivity (Wildman–Crippen MR) is 131 cm³/mol. The summed E-state index contributed by atoms with van der Waals surface area (Å²) in [4.78, 5) is 21.3. The van der Waals surface area contributed by atoms with Crippen LogP contribution in [-0.2, 0) is 0 Å². The second kappa shape index (κ2) is 9.17. The van der Waals surface area contributed by atoms with E-state index < -0.39 is 11.8 Å². The van der Waals surface area contributed by atoms with Crippen LogP contribution in [0.5, 0.6) is 0 Å². The lowest BCUT2D eigenvalue weighted by atomic mass is 9.97. The van der Waals surface area contributed by atoms with Crippen LogP contribution in [0.4, 0.5) is 20.7 Å². The van der Waals surface area contributed by atoms with Gasteiger partial charge in [0, 0.05) is 31.0 Å². The highest BCUT2D eigenvalue weighted by molar-refractivity contribution is 5.90. The summed E-state index contributed by atoms with van der Waals surface area (Å²) in [5.74, 6) is 0.294. The number of hydrogen-bond acceptors (Lipinski definition) is 4.